The Morgan fingerprint density at radius 1 is 1.56 bits per heavy atom. The van der Waals surface area contributed by atoms with E-state index >= 15 is 0 Å². The van der Waals surface area contributed by atoms with Crippen LogP contribution in [0.2, 0.25) is 0 Å². The second-order valence-electron chi connectivity index (χ2n) is 4.32. The van der Waals surface area contributed by atoms with Crippen LogP contribution in [0.15, 0.2) is 28.7 Å². The Bertz CT molecular complexity index is 419. The van der Waals surface area contributed by atoms with Crippen molar-refractivity contribution < 1.29 is 0 Å². The molecule has 0 unspecified atom stereocenters. The Hall–Kier alpha value is -1.20. The maximum absolute atomic E-state index is 5.10. The summed E-state index contributed by atoms with van der Waals surface area (Å²) < 4.78 is 0. The third-order valence-corrected chi connectivity index (χ3v) is 3.11. The number of allylic oxidation sites excluding steroid dienone is 1. The Balaban J connectivity index is 2.35. The fraction of sp³-hybridized carbons (Fsp3) is 0.385. The van der Waals surface area contributed by atoms with Crippen molar-refractivity contribution in [3.05, 3.63) is 28.5 Å². The highest BCUT2D eigenvalue weighted by Gasteiger charge is 1.95. The topological polar surface area (TPSA) is 36.4 Å². The summed E-state index contributed by atoms with van der Waals surface area (Å²) in [5.41, 5.74) is 3.71. The van der Waals surface area contributed by atoms with Gasteiger partial charge in [-0.1, -0.05) is 19.9 Å². The van der Waals surface area contributed by atoms with Crippen LogP contribution in [0.25, 0.3) is 6.08 Å². The summed E-state index contributed by atoms with van der Waals surface area (Å²) in [6.07, 6.45) is 4.00. The molecule has 0 bridgehead atoms. The molecule has 1 rings (SSSR count). The third kappa shape index (κ3) is 6.51. The highest BCUT2D eigenvalue weighted by molar-refractivity contribution is 7.80. The molecule has 98 valence electrons. The Labute approximate surface area is 118 Å². The van der Waals surface area contributed by atoms with E-state index in [1.807, 2.05) is 25.1 Å². The SMILES string of the molecule is CC(/C=C\c1cccs1)=N\NC(=S)NCC(C)C. The van der Waals surface area contributed by atoms with Gasteiger partial charge in [-0.3, -0.25) is 5.43 Å². The minimum atomic E-state index is 0.563. The number of hydrazone groups is 1. The van der Waals surface area contributed by atoms with Gasteiger partial charge in [0.15, 0.2) is 5.11 Å². The average Bonchev–Trinajstić information content (AvgIpc) is 2.84. The van der Waals surface area contributed by atoms with Crippen molar-refractivity contribution in [2.45, 2.75) is 20.8 Å². The lowest BCUT2D eigenvalue weighted by atomic mass is 10.2. The molecule has 0 atom stereocenters. The number of hydrogen-bond donors (Lipinski definition) is 2. The van der Waals surface area contributed by atoms with E-state index in [1.54, 1.807) is 11.3 Å². The lowest BCUT2D eigenvalue weighted by Gasteiger charge is -2.09. The van der Waals surface area contributed by atoms with E-state index in [-0.39, 0.29) is 0 Å². The summed E-state index contributed by atoms with van der Waals surface area (Å²) in [6, 6.07) is 4.09. The zero-order valence-corrected chi connectivity index (χ0v) is 12.6. The summed E-state index contributed by atoms with van der Waals surface area (Å²) in [6.45, 7) is 7.05. The summed E-state index contributed by atoms with van der Waals surface area (Å²) in [5, 5.41) is 9.89. The quantitative estimate of drug-likeness (QED) is 0.494. The van der Waals surface area contributed by atoms with Gasteiger partial charge in [-0.25, -0.2) is 0 Å². The zero-order chi connectivity index (χ0) is 13.4. The molecular formula is C13H19N3S2. The first-order valence-corrected chi connectivity index (χ1v) is 7.16. The molecule has 3 nitrogen and oxygen atoms in total. The van der Waals surface area contributed by atoms with Crippen LogP contribution >= 0.6 is 23.6 Å². The van der Waals surface area contributed by atoms with Gasteiger partial charge in [-0.05, 0) is 48.7 Å². The molecule has 0 aromatic carbocycles. The van der Waals surface area contributed by atoms with Crippen LogP contribution in [-0.4, -0.2) is 17.4 Å². The van der Waals surface area contributed by atoms with Crippen LogP contribution in [0, 0.1) is 5.92 Å². The van der Waals surface area contributed by atoms with Gasteiger partial charge < -0.3 is 5.32 Å². The minimum Gasteiger partial charge on any atom is -0.361 e. The van der Waals surface area contributed by atoms with Crippen LogP contribution in [0.1, 0.15) is 25.6 Å². The second-order valence-corrected chi connectivity index (χ2v) is 5.71. The maximum Gasteiger partial charge on any atom is 0.186 e. The van der Waals surface area contributed by atoms with Gasteiger partial charge >= 0.3 is 0 Å². The molecule has 1 heterocycles. The van der Waals surface area contributed by atoms with E-state index in [2.05, 4.69) is 41.1 Å². The molecule has 18 heavy (non-hydrogen) atoms. The van der Waals surface area contributed by atoms with Crippen LogP contribution in [0.3, 0.4) is 0 Å². The number of thiophene rings is 1. The van der Waals surface area contributed by atoms with E-state index in [9.17, 15) is 0 Å². The number of nitrogens with one attached hydrogen (secondary N) is 2. The van der Waals surface area contributed by atoms with E-state index in [1.165, 1.54) is 4.88 Å². The van der Waals surface area contributed by atoms with Crippen LogP contribution in [0.5, 0.6) is 0 Å². The van der Waals surface area contributed by atoms with E-state index in [0.29, 0.717) is 11.0 Å². The highest BCUT2D eigenvalue weighted by atomic mass is 32.1. The van der Waals surface area contributed by atoms with Gasteiger partial charge in [0, 0.05) is 11.4 Å². The van der Waals surface area contributed by atoms with Crippen molar-refractivity contribution in [2.24, 2.45) is 11.0 Å². The Morgan fingerprint density at radius 2 is 2.33 bits per heavy atom. The number of thiocarbonyl (C=S) groups is 1. The molecule has 0 aliphatic carbocycles. The van der Waals surface area contributed by atoms with Gasteiger partial charge in [-0.2, -0.15) is 5.10 Å². The average molecular weight is 281 g/mol. The van der Waals surface area contributed by atoms with Crippen molar-refractivity contribution in [3.63, 3.8) is 0 Å². The molecule has 0 radical (unpaired) electrons. The number of hydrogen-bond acceptors (Lipinski definition) is 3. The number of nitrogens with zero attached hydrogens (tertiary/aromatic N) is 1. The van der Waals surface area contributed by atoms with Gasteiger partial charge in [0.1, 0.15) is 0 Å². The third-order valence-electron chi connectivity index (χ3n) is 2.04. The Morgan fingerprint density at radius 3 is 2.94 bits per heavy atom. The fourth-order valence-corrected chi connectivity index (χ4v) is 1.85. The molecule has 0 saturated carbocycles. The van der Waals surface area contributed by atoms with Crippen molar-refractivity contribution >= 4 is 40.5 Å². The first kappa shape index (κ1) is 14.9. The molecule has 0 saturated heterocycles. The predicted octanol–water partition coefficient (Wildman–Crippen LogP) is 3.26. The smallest absolute Gasteiger partial charge is 0.186 e. The summed E-state index contributed by atoms with van der Waals surface area (Å²) in [5.74, 6) is 0.563. The molecule has 0 amide bonds. The van der Waals surface area contributed by atoms with Gasteiger partial charge in [-0.15, -0.1) is 11.3 Å². The molecule has 0 fully saturated rings. The van der Waals surface area contributed by atoms with Gasteiger partial charge in [0.05, 0.1) is 5.71 Å². The second kappa shape index (κ2) is 8.00. The molecule has 1 aromatic heterocycles. The van der Waals surface area contributed by atoms with Crippen LogP contribution in [-0.2, 0) is 0 Å². The zero-order valence-electron chi connectivity index (χ0n) is 10.9. The molecule has 5 heteroatoms. The molecule has 0 aliphatic heterocycles. The van der Waals surface area contributed by atoms with E-state index in [4.69, 9.17) is 12.2 Å². The van der Waals surface area contributed by atoms with E-state index < -0.39 is 0 Å². The predicted molar refractivity (Wildman–Crippen MR) is 85.0 cm³/mol. The summed E-state index contributed by atoms with van der Waals surface area (Å²) in [7, 11) is 0. The minimum absolute atomic E-state index is 0.563. The lowest BCUT2D eigenvalue weighted by molar-refractivity contribution is 0.621. The van der Waals surface area contributed by atoms with Crippen LogP contribution < -0.4 is 10.7 Å². The maximum atomic E-state index is 5.10. The fourth-order valence-electron chi connectivity index (χ4n) is 1.10. The molecule has 0 aliphatic rings. The van der Waals surface area contributed by atoms with Gasteiger partial charge in [0.25, 0.3) is 0 Å². The van der Waals surface area contributed by atoms with E-state index in [0.717, 1.165) is 12.3 Å². The standard InChI is InChI=1S/C13H19N3S2/c1-10(2)9-14-13(17)16-15-11(3)6-7-12-5-4-8-18-12/h4-8,10H,9H2,1-3H3,(H2,14,16,17)/b7-6-,15-11+. The van der Waals surface area contributed by atoms with Crippen molar-refractivity contribution in [3.8, 4) is 0 Å². The molecule has 1 aromatic rings. The normalized spacial score (nSPS) is 12.1. The summed E-state index contributed by atoms with van der Waals surface area (Å²) in [4.78, 5) is 1.21. The Kier molecular flexibility index (Phi) is 6.60. The monoisotopic (exact) mass is 281 g/mol. The van der Waals surface area contributed by atoms with Crippen molar-refractivity contribution in [1.29, 1.82) is 0 Å². The largest absolute Gasteiger partial charge is 0.361 e. The van der Waals surface area contributed by atoms with Gasteiger partial charge in [0.2, 0.25) is 0 Å². The highest BCUT2D eigenvalue weighted by Crippen LogP contribution is 2.09. The van der Waals surface area contributed by atoms with Crippen LogP contribution in [0.4, 0.5) is 0 Å². The summed E-state index contributed by atoms with van der Waals surface area (Å²) >= 11 is 6.80. The van der Waals surface area contributed by atoms with Crippen molar-refractivity contribution in [2.75, 3.05) is 6.54 Å². The molecule has 2 N–H and O–H groups in total. The first-order valence-electron chi connectivity index (χ1n) is 5.87. The number of rotatable bonds is 5. The first-order chi connectivity index (χ1) is 8.58. The molecule has 0 spiro atoms. The lowest BCUT2D eigenvalue weighted by Crippen LogP contribution is -2.34. The van der Waals surface area contributed by atoms with Crippen molar-refractivity contribution in [1.82, 2.24) is 10.7 Å². The molecular weight excluding hydrogens is 262 g/mol.